The van der Waals surface area contributed by atoms with Crippen molar-refractivity contribution >= 4 is 29.0 Å². The molecule has 146 valence electrons. The Morgan fingerprint density at radius 2 is 1.66 bits per heavy atom. The number of amides is 2. The predicted molar refractivity (Wildman–Crippen MR) is 109 cm³/mol. The molecule has 2 amide bonds. The standard InChI is InChI=1S/C22H19N3O4/c1-15-9-11-16(12-10-15)19(26)14-18(21(27)23-17-6-3-2-4-7-17)24-25-22(28)20-8-5-13-29-20/h2-13H,14H2,1H3,(H,23,27)(H,25,28). The highest BCUT2D eigenvalue weighted by Crippen LogP contribution is 2.10. The van der Waals surface area contributed by atoms with Crippen molar-refractivity contribution in [2.75, 3.05) is 5.32 Å². The Hall–Kier alpha value is -4.00. The molecular formula is C22H19N3O4. The van der Waals surface area contributed by atoms with Crippen LogP contribution in [0.25, 0.3) is 0 Å². The van der Waals surface area contributed by atoms with Crippen molar-refractivity contribution in [3.8, 4) is 0 Å². The van der Waals surface area contributed by atoms with Gasteiger partial charge in [-0.2, -0.15) is 5.10 Å². The van der Waals surface area contributed by atoms with Crippen molar-refractivity contribution in [3.05, 3.63) is 89.9 Å². The first-order valence-electron chi connectivity index (χ1n) is 8.89. The third-order valence-corrected chi connectivity index (χ3v) is 4.03. The molecular weight excluding hydrogens is 370 g/mol. The Balaban J connectivity index is 1.78. The van der Waals surface area contributed by atoms with Crippen molar-refractivity contribution in [2.45, 2.75) is 13.3 Å². The topological polar surface area (TPSA) is 101 Å². The molecule has 0 aliphatic rings. The number of Topliss-reactive ketones (excluding diaryl/α,β-unsaturated/α-hetero) is 1. The number of hydrogen-bond donors (Lipinski definition) is 2. The first-order chi connectivity index (χ1) is 14.0. The molecule has 1 heterocycles. The fourth-order valence-corrected chi connectivity index (χ4v) is 2.47. The van der Waals surface area contributed by atoms with Crippen LogP contribution in [-0.4, -0.2) is 23.3 Å². The predicted octanol–water partition coefficient (Wildman–Crippen LogP) is 3.59. The Morgan fingerprint density at radius 1 is 0.931 bits per heavy atom. The Kier molecular flexibility index (Phi) is 6.32. The molecule has 0 aliphatic heterocycles. The maximum Gasteiger partial charge on any atom is 0.307 e. The lowest BCUT2D eigenvalue weighted by Crippen LogP contribution is -2.29. The van der Waals surface area contributed by atoms with E-state index in [2.05, 4.69) is 15.8 Å². The summed E-state index contributed by atoms with van der Waals surface area (Å²) in [7, 11) is 0. The third-order valence-electron chi connectivity index (χ3n) is 4.03. The van der Waals surface area contributed by atoms with Gasteiger partial charge in [0.15, 0.2) is 11.5 Å². The Morgan fingerprint density at radius 3 is 2.31 bits per heavy atom. The summed E-state index contributed by atoms with van der Waals surface area (Å²) < 4.78 is 5.00. The summed E-state index contributed by atoms with van der Waals surface area (Å²) in [5.41, 5.74) is 4.15. The number of furan rings is 1. The molecule has 0 fully saturated rings. The molecule has 29 heavy (non-hydrogen) atoms. The molecule has 0 radical (unpaired) electrons. The third kappa shape index (κ3) is 5.49. The van der Waals surface area contributed by atoms with Crippen LogP contribution in [-0.2, 0) is 4.79 Å². The molecule has 3 aromatic rings. The van der Waals surface area contributed by atoms with Gasteiger partial charge in [-0.25, -0.2) is 5.43 Å². The zero-order valence-corrected chi connectivity index (χ0v) is 15.7. The fourth-order valence-electron chi connectivity index (χ4n) is 2.47. The molecule has 2 N–H and O–H groups in total. The average Bonchev–Trinajstić information content (AvgIpc) is 3.27. The number of para-hydroxylation sites is 1. The maximum atomic E-state index is 12.7. The summed E-state index contributed by atoms with van der Waals surface area (Å²) >= 11 is 0. The highest BCUT2D eigenvalue weighted by Gasteiger charge is 2.19. The van der Waals surface area contributed by atoms with Crippen LogP contribution in [0.15, 0.2) is 82.5 Å². The van der Waals surface area contributed by atoms with Gasteiger partial charge in [0.25, 0.3) is 5.91 Å². The van der Waals surface area contributed by atoms with E-state index in [1.165, 1.54) is 12.3 Å². The number of anilines is 1. The molecule has 7 nitrogen and oxygen atoms in total. The summed E-state index contributed by atoms with van der Waals surface area (Å²) in [6.07, 6.45) is 1.07. The van der Waals surface area contributed by atoms with Crippen LogP contribution in [0.2, 0.25) is 0 Å². The molecule has 0 saturated heterocycles. The normalized spacial score (nSPS) is 11.0. The van der Waals surface area contributed by atoms with E-state index in [1.54, 1.807) is 42.5 Å². The summed E-state index contributed by atoms with van der Waals surface area (Å²) in [6, 6.07) is 18.8. The number of nitrogens with zero attached hydrogens (tertiary/aromatic N) is 1. The van der Waals surface area contributed by atoms with Gasteiger partial charge in [0.1, 0.15) is 5.71 Å². The maximum absolute atomic E-state index is 12.7. The smallest absolute Gasteiger partial charge is 0.307 e. The lowest BCUT2D eigenvalue weighted by Gasteiger charge is -2.08. The van der Waals surface area contributed by atoms with E-state index in [0.29, 0.717) is 11.3 Å². The first-order valence-corrected chi connectivity index (χ1v) is 8.89. The van der Waals surface area contributed by atoms with Crippen LogP contribution in [0.5, 0.6) is 0 Å². The summed E-state index contributed by atoms with van der Waals surface area (Å²) in [4.78, 5) is 37.3. The average molecular weight is 389 g/mol. The first kappa shape index (κ1) is 19.8. The van der Waals surface area contributed by atoms with Gasteiger partial charge in [0.05, 0.1) is 12.7 Å². The number of rotatable bonds is 7. The summed E-state index contributed by atoms with van der Waals surface area (Å²) in [5, 5.41) is 6.55. The number of hydrazone groups is 1. The second-order valence-corrected chi connectivity index (χ2v) is 6.26. The summed E-state index contributed by atoms with van der Waals surface area (Å²) in [6.45, 7) is 1.92. The van der Waals surface area contributed by atoms with E-state index in [4.69, 9.17) is 4.42 Å². The largest absolute Gasteiger partial charge is 0.459 e. The minimum atomic E-state index is -0.622. The van der Waals surface area contributed by atoms with Crippen LogP contribution in [0.3, 0.4) is 0 Å². The molecule has 0 aliphatic carbocycles. The van der Waals surface area contributed by atoms with E-state index in [0.717, 1.165) is 5.56 Å². The van der Waals surface area contributed by atoms with Crippen LogP contribution < -0.4 is 10.7 Å². The zero-order valence-electron chi connectivity index (χ0n) is 15.7. The molecule has 0 saturated carbocycles. The highest BCUT2D eigenvalue weighted by molar-refractivity contribution is 6.46. The number of carbonyl (C=O) groups is 3. The van der Waals surface area contributed by atoms with Gasteiger partial charge < -0.3 is 9.73 Å². The molecule has 1 aromatic heterocycles. The van der Waals surface area contributed by atoms with E-state index in [-0.39, 0.29) is 23.7 Å². The van der Waals surface area contributed by atoms with Crippen LogP contribution in [0, 0.1) is 6.92 Å². The number of ketones is 1. The second kappa shape index (κ2) is 9.27. The van der Waals surface area contributed by atoms with Crippen LogP contribution >= 0.6 is 0 Å². The quantitative estimate of drug-likeness (QED) is 0.366. The Labute approximate surface area is 167 Å². The number of nitrogens with one attached hydrogen (secondary N) is 2. The van der Waals surface area contributed by atoms with Crippen molar-refractivity contribution < 1.29 is 18.8 Å². The van der Waals surface area contributed by atoms with Crippen molar-refractivity contribution in [3.63, 3.8) is 0 Å². The van der Waals surface area contributed by atoms with Gasteiger partial charge >= 0.3 is 5.91 Å². The van der Waals surface area contributed by atoms with Gasteiger partial charge in [-0.3, -0.25) is 14.4 Å². The van der Waals surface area contributed by atoms with Crippen LogP contribution in [0.1, 0.15) is 32.9 Å². The minimum absolute atomic E-state index is 0.0430. The van der Waals surface area contributed by atoms with Gasteiger partial charge in [0.2, 0.25) is 0 Å². The molecule has 3 rings (SSSR count). The zero-order chi connectivity index (χ0) is 20.6. The van der Waals surface area contributed by atoms with Gasteiger partial charge in [0, 0.05) is 11.3 Å². The number of aryl methyl sites for hydroxylation is 1. The van der Waals surface area contributed by atoms with Gasteiger partial charge in [-0.1, -0.05) is 48.0 Å². The lowest BCUT2D eigenvalue weighted by molar-refractivity contribution is -0.110. The van der Waals surface area contributed by atoms with Crippen molar-refractivity contribution in [1.29, 1.82) is 0 Å². The second-order valence-electron chi connectivity index (χ2n) is 6.26. The molecule has 0 bridgehead atoms. The van der Waals surface area contributed by atoms with E-state index in [1.807, 2.05) is 25.1 Å². The molecule has 7 heteroatoms. The molecule has 0 unspecified atom stereocenters. The molecule has 0 spiro atoms. The minimum Gasteiger partial charge on any atom is -0.459 e. The lowest BCUT2D eigenvalue weighted by atomic mass is 10.0. The monoisotopic (exact) mass is 389 g/mol. The SMILES string of the molecule is Cc1ccc(C(=O)CC(=NNC(=O)c2ccco2)C(=O)Nc2ccccc2)cc1. The summed E-state index contributed by atoms with van der Waals surface area (Å²) in [5.74, 6) is -1.46. The van der Waals surface area contributed by atoms with Crippen molar-refractivity contribution in [2.24, 2.45) is 5.10 Å². The number of carbonyl (C=O) groups excluding carboxylic acids is 3. The van der Waals surface area contributed by atoms with Crippen molar-refractivity contribution in [1.82, 2.24) is 5.43 Å². The van der Waals surface area contributed by atoms with Gasteiger partial charge in [-0.05, 0) is 31.2 Å². The van der Waals surface area contributed by atoms with Gasteiger partial charge in [-0.15, -0.1) is 0 Å². The molecule has 2 aromatic carbocycles. The molecule has 0 atom stereocenters. The van der Waals surface area contributed by atoms with E-state index < -0.39 is 11.8 Å². The fraction of sp³-hybridized carbons (Fsp3) is 0.0909. The van der Waals surface area contributed by atoms with E-state index >= 15 is 0 Å². The number of hydrogen-bond acceptors (Lipinski definition) is 5. The highest BCUT2D eigenvalue weighted by atomic mass is 16.3. The number of benzene rings is 2. The van der Waals surface area contributed by atoms with E-state index in [9.17, 15) is 14.4 Å². The Bertz CT molecular complexity index is 1020. The van der Waals surface area contributed by atoms with Crippen LogP contribution in [0.4, 0.5) is 5.69 Å².